The Balaban J connectivity index is 2.35. The summed E-state index contributed by atoms with van der Waals surface area (Å²) in [5, 5.41) is 14.2. The van der Waals surface area contributed by atoms with Crippen molar-refractivity contribution < 1.29 is 9.59 Å². The highest BCUT2D eigenvalue weighted by molar-refractivity contribution is 9.10. The Morgan fingerprint density at radius 2 is 2.09 bits per heavy atom. The second kappa shape index (κ2) is 6.60. The summed E-state index contributed by atoms with van der Waals surface area (Å²) in [4.78, 5) is 26.8. The summed E-state index contributed by atoms with van der Waals surface area (Å²) >= 11 is 5.72. The summed E-state index contributed by atoms with van der Waals surface area (Å²) in [7, 11) is 3.30. The molecule has 2 rings (SSSR count). The quantitative estimate of drug-likeness (QED) is 0.857. The number of hydrogen-bond donors (Lipinski definition) is 1. The minimum Gasteiger partial charge on any atom is -0.344 e. The number of nitrogens with one attached hydrogen (secondary N) is 1. The molecule has 0 saturated carbocycles. The van der Waals surface area contributed by atoms with E-state index in [9.17, 15) is 14.9 Å². The van der Waals surface area contributed by atoms with Gasteiger partial charge in [-0.3, -0.25) is 9.59 Å². The Labute approximate surface area is 144 Å². The van der Waals surface area contributed by atoms with Gasteiger partial charge in [-0.05, 0) is 34.5 Å². The van der Waals surface area contributed by atoms with Gasteiger partial charge >= 0.3 is 0 Å². The molecule has 0 aliphatic heterocycles. The van der Waals surface area contributed by atoms with Crippen molar-refractivity contribution in [2.24, 2.45) is 0 Å². The smallest absolute Gasteiger partial charge is 0.266 e. The number of hydrogen-bond acceptors (Lipinski definition) is 5. The first kappa shape index (κ1) is 16.7. The molecular formula is C14H12BrN3O2S2. The van der Waals surface area contributed by atoms with E-state index in [-0.39, 0.29) is 11.8 Å². The molecule has 114 valence electrons. The van der Waals surface area contributed by atoms with Gasteiger partial charge in [0.15, 0.2) is 0 Å². The minimum absolute atomic E-state index is 0.182. The summed E-state index contributed by atoms with van der Waals surface area (Å²) in [5.41, 5.74) is 0.924. The third-order valence-electron chi connectivity index (χ3n) is 2.88. The van der Waals surface area contributed by atoms with Crippen LogP contribution >= 0.6 is 38.6 Å². The van der Waals surface area contributed by atoms with Gasteiger partial charge in [0.05, 0.1) is 15.3 Å². The third kappa shape index (κ3) is 3.21. The number of nitriles is 1. The highest BCUT2D eigenvalue weighted by Gasteiger charge is 2.23. The van der Waals surface area contributed by atoms with E-state index in [1.807, 2.05) is 0 Å². The Morgan fingerprint density at radius 3 is 2.59 bits per heavy atom. The van der Waals surface area contributed by atoms with Crippen molar-refractivity contribution in [3.8, 4) is 6.07 Å². The zero-order valence-corrected chi connectivity index (χ0v) is 15.3. The van der Waals surface area contributed by atoms with E-state index < -0.39 is 0 Å². The maximum atomic E-state index is 12.2. The summed E-state index contributed by atoms with van der Waals surface area (Å²) in [6.45, 7) is 1.71. The molecule has 0 aromatic carbocycles. The zero-order chi connectivity index (χ0) is 16.4. The number of carbonyl (C=O) groups excluding carboxylic acids is 2. The van der Waals surface area contributed by atoms with E-state index in [4.69, 9.17) is 0 Å². The molecule has 0 atom stereocenters. The van der Waals surface area contributed by atoms with Gasteiger partial charge < -0.3 is 10.2 Å². The molecule has 0 aliphatic carbocycles. The third-order valence-corrected chi connectivity index (χ3v) is 5.76. The van der Waals surface area contributed by atoms with Crippen LogP contribution in [0.5, 0.6) is 0 Å². The molecule has 0 bridgehead atoms. The number of rotatable bonds is 3. The average Bonchev–Trinajstić information content (AvgIpc) is 3.02. The first-order valence-corrected chi connectivity index (χ1v) is 8.64. The molecule has 2 heterocycles. The van der Waals surface area contributed by atoms with Crippen LogP contribution in [-0.4, -0.2) is 30.8 Å². The minimum atomic E-state index is -0.294. The molecule has 22 heavy (non-hydrogen) atoms. The molecule has 0 radical (unpaired) electrons. The van der Waals surface area contributed by atoms with E-state index in [0.29, 0.717) is 25.9 Å². The summed E-state index contributed by atoms with van der Waals surface area (Å²) in [5.74, 6) is -0.476. The number of thiophene rings is 2. The molecule has 1 N–H and O–H groups in total. The van der Waals surface area contributed by atoms with Crippen molar-refractivity contribution in [1.29, 1.82) is 5.26 Å². The first-order chi connectivity index (χ1) is 10.3. The van der Waals surface area contributed by atoms with Crippen LogP contribution in [0.2, 0.25) is 0 Å². The van der Waals surface area contributed by atoms with Crippen LogP contribution in [0, 0.1) is 18.3 Å². The molecule has 0 spiro atoms. The summed E-state index contributed by atoms with van der Waals surface area (Å²) in [6, 6.07) is 3.77. The van der Waals surface area contributed by atoms with E-state index in [1.54, 1.807) is 32.5 Å². The normalized spacial score (nSPS) is 10.1. The van der Waals surface area contributed by atoms with Gasteiger partial charge in [0.2, 0.25) is 0 Å². The van der Waals surface area contributed by atoms with Gasteiger partial charge in [0.25, 0.3) is 11.8 Å². The molecule has 2 aromatic rings. The Morgan fingerprint density at radius 1 is 1.41 bits per heavy atom. The van der Waals surface area contributed by atoms with Crippen LogP contribution in [0.25, 0.3) is 0 Å². The van der Waals surface area contributed by atoms with Crippen LogP contribution in [0.1, 0.15) is 30.5 Å². The van der Waals surface area contributed by atoms with Gasteiger partial charge in [-0.25, -0.2) is 0 Å². The monoisotopic (exact) mass is 397 g/mol. The van der Waals surface area contributed by atoms with Crippen LogP contribution < -0.4 is 5.32 Å². The van der Waals surface area contributed by atoms with Crippen molar-refractivity contribution >= 4 is 55.4 Å². The lowest BCUT2D eigenvalue weighted by Crippen LogP contribution is -2.21. The predicted octanol–water partition coefficient (Wildman–Crippen LogP) is 3.71. The molecule has 5 nitrogen and oxygen atoms in total. The number of anilines is 1. The average molecular weight is 398 g/mol. The number of nitrogens with zero attached hydrogens (tertiary/aromatic N) is 2. The van der Waals surface area contributed by atoms with Gasteiger partial charge in [-0.1, -0.05) is 0 Å². The Hall–Kier alpha value is -1.69. The fraction of sp³-hybridized carbons (Fsp3) is 0.214. The van der Waals surface area contributed by atoms with Crippen LogP contribution in [0.4, 0.5) is 5.00 Å². The van der Waals surface area contributed by atoms with Gasteiger partial charge in [-0.15, -0.1) is 22.7 Å². The summed E-state index contributed by atoms with van der Waals surface area (Å²) in [6.07, 6.45) is 0. The fourth-order valence-corrected chi connectivity index (χ4v) is 4.24. The lowest BCUT2D eigenvalue weighted by Gasteiger charge is -2.08. The molecule has 0 fully saturated rings. The lowest BCUT2D eigenvalue weighted by atomic mass is 10.1. The van der Waals surface area contributed by atoms with Crippen LogP contribution in [-0.2, 0) is 0 Å². The van der Waals surface area contributed by atoms with Gasteiger partial charge in [0.1, 0.15) is 11.1 Å². The second-order valence-electron chi connectivity index (χ2n) is 4.65. The van der Waals surface area contributed by atoms with Crippen molar-refractivity contribution in [2.45, 2.75) is 6.92 Å². The van der Waals surface area contributed by atoms with E-state index in [2.05, 4.69) is 27.3 Å². The van der Waals surface area contributed by atoms with Crippen molar-refractivity contribution in [3.05, 3.63) is 36.8 Å². The van der Waals surface area contributed by atoms with Crippen LogP contribution in [0.15, 0.2) is 15.9 Å². The predicted molar refractivity (Wildman–Crippen MR) is 91.8 cm³/mol. The largest absolute Gasteiger partial charge is 0.344 e. The number of carbonyl (C=O) groups is 2. The molecule has 0 unspecified atom stereocenters. The molecule has 8 heteroatoms. The van der Waals surface area contributed by atoms with E-state index in [1.165, 1.54) is 16.2 Å². The Kier molecular flexibility index (Phi) is 5.01. The molecular weight excluding hydrogens is 386 g/mol. The molecule has 2 amide bonds. The molecule has 2 aromatic heterocycles. The molecule has 0 aliphatic rings. The Bertz CT molecular complexity index is 787. The highest BCUT2D eigenvalue weighted by atomic mass is 79.9. The van der Waals surface area contributed by atoms with E-state index >= 15 is 0 Å². The van der Waals surface area contributed by atoms with Gasteiger partial charge in [-0.2, -0.15) is 5.26 Å². The maximum absolute atomic E-state index is 12.2. The molecule has 0 saturated heterocycles. The topological polar surface area (TPSA) is 73.2 Å². The number of halogens is 1. The maximum Gasteiger partial charge on any atom is 0.266 e. The standard InChI is InChI=1S/C14H12BrN3O2S2/c1-7-9(5-16)13(22-11(7)14(20)18(2)3)17-12(19)10-4-8(15)6-21-10/h4,6H,1-3H3,(H,17,19). The van der Waals surface area contributed by atoms with E-state index in [0.717, 1.165) is 15.8 Å². The van der Waals surface area contributed by atoms with Crippen LogP contribution in [0.3, 0.4) is 0 Å². The highest BCUT2D eigenvalue weighted by Crippen LogP contribution is 2.34. The summed E-state index contributed by atoms with van der Waals surface area (Å²) < 4.78 is 0.828. The second-order valence-corrected chi connectivity index (χ2v) is 7.50. The van der Waals surface area contributed by atoms with Crippen molar-refractivity contribution in [2.75, 3.05) is 19.4 Å². The van der Waals surface area contributed by atoms with Crippen molar-refractivity contribution in [1.82, 2.24) is 4.90 Å². The first-order valence-electron chi connectivity index (χ1n) is 6.15. The number of amides is 2. The zero-order valence-electron chi connectivity index (χ0n) is 12.1. The SMILES string of the molecule is Cc1c(C(=O)N(C)C)sc(NC(=O)c2cc(Br)cs2)c1C#N. The lowest BCUT2D eigenvalue weighted by molar-refractivity contribution is 0.0831. The van der Waals surface area contributed by atoms with Gasteiger partial charge in [0, 0.05) is 23.9 Å². The van der Waals surface area contributed by atoms with Crippen molar-refractivity contribution in [3.63, 3.8) is 0 Å². The fourth-order valence-electron chi connectivity index (χ4n) is 1.74.